The molecule has 0 amide bonds. The molecule has 352 valence electrons. The highest BCUT2D eigenvalue weighted by molar-refractivity contribution is 6.94. The van der Waals surface area contributed by atoms with E-state index in [0.717, 1.165) is 34.9 Å². The van der Waals surface area contributed by atoms with Crippen molar-refractivity contribution < 1.29 is 4.42 Å². The minimum atomic E-state index is -0.277. The van der Waals surface area contributed by atoms with Gasteiger partial charge in [-0.1, -0.05) is 167 Å². The predicted molar refractivity (Wildman–Crippen MR) is 304 cm³/mol. The molecule has 0 N–H and O–H groups in total. The van der Waals surface area contributed by atoms with Crippen molar-refractivity contribution in [2.75, 3.05) is 4.81 Å². The normalized spacial score (nSPS) is 17.7. The molecule has 0 fully saturated rings. The Morgan fingerprint density at radius 1 is 0.528 bits per heavy atom. The molecule has 0 bridgehead atoms. The third-order valence-electron chi connectivity index (χ3n) is 18.8. The third-order valence-corrected chi connectivity index (χ3v) is 18.8. The molecule has 2 aromatic heterocycles. The first-order valence-electron chi connectivity index (χ1n) is 26.5. The van der Waals surface area contributed by atoms with Gasteiger partial charge in [-0.05, 0) is 161 Å². The topological polar surface area (TPSA) is 21.3 Å². The Labute approximate surface area is 424 Å². The van der Waals surface area contributed by atoms with Gasteiger partial charge >= 0.3 is 6.85 Å². The van der Waals surface area contributed by atoms with Crippen LogP contribution in [0, 0.1) is 0 Å². The quantitative estimate of drug-likeness (QED) is 0.161. The molecule has 0 unspecified atom stereocenters. The van der Waals surface area contributed by atoms with E-state index in [4.69, 9.17) is 4.42 Å². The molecule has 0 atom stereocenters. The van der Waals surface area contributed by atoms with Crippen molar-refractivity contribution in [1.82, 2.24) is 4.57 Å². The Hall–Kier alpha value is -7.04. The molecule has 72 heavy (non-hydrogen) atoms. The standard InChI is InChI=1S/C68H61BN2O/c1-64(2,3)39-25-27-40(28-26-39)71-55-34-50-43(41-21-15-17-23-48(41)67(50,8)9)31-45(55)59-58-42-22-16-18-24-49(42)68(10,11)61(58)60-46-32-51-52(66(6,7)30-29-65(51,4)5)35-54(46)70-56-33-44-47(38-19-13-12-14-20-38)37-72-57(44)36-53(56)69(71)62(59)63(60)70/h12-28,31-37H,29-30H2,1-11H3. The monoisotopic (exact) mass is 932 g/mol. The highest BCUT2D eigenvalue weighted by atomic mass is 16.3. The minimum Gasteiger partial charge on any atom is -0.464 e. The van der Waals surface area contributed by atoms with Crippen LogP contribution in [0.1, 0.15) is 128 Å². The number of aromatic nitrogens is 1. The molecule has 0 saturated heterocycles. The van der Waals surface area contributed by atoms with Gasteiger partial charge in [-0.25, -0.2) is 0 Å². The maximum absolute atomic E-state index is 6.77. The zero-order chi connectivity index (χ0) is 49.3. The molecule has 0 radical (unpaired) electrons. The van der Waals surface area contributed by atoms with Gasteiger partial charge in [0.15, 0.2) is 0 Å². The molecule has 5 aliphatic rings. The van der Waals surface area contributed by atoms with Gasteiger partial charge in [0.05, 0.1) is 17.3 Å². The second-order valence-electron chi connectivity index (χ2n) is 25.5. The van der Waals surface area contributed by atoms with Gasteiger partial charge in [-0.2, -0.15) is 0 Å². The summed E-state index contributed by atoms with van der Waals surface area (Å²) in [7, 11) is 0. The summed E-state index contributed by atoms with van der Waals surface area (Å²) >= 11 is 0. The van der Waals surface area contributed by atoms with Gasteiger partial charge in [0.1, 0.15) is 5.58 Å². The molecule has 3 nitrogen and oxygen atoms in total. The van der Waals surface area contributed by atoms with Crippen LogP contribution in [0.15, 0.2) is 150 Å². The lowest BCUT2D eigenvalue weighted by molar-refractivity contribution is 0.332. The molecule has 0 saturated carbocycles. The molecule has 15 rings (SSSR count). The van der Waals surface area contributed by atoms with E-state index in [1.165, 1.54) is 122 Å². The van der Waals surface area contributed by atoms with Gasteiger partial charge in [0.2, 0.25) is 0 Å². The highest BCUT2D eigenvalue weighted by Gasteiger charge is 2.51. The molecule has 2 aliphatic heterocycles. The van der Waals surface area contributed by atoms with E-state index in [2.05, 4.69) is 225 Å². The smallest absolute Gasteiger partial charge is 0.333 e. The Bertz CT molecular complexity index is 4070. The van der Waals surface area contributed by atoms with E-state index in [1.807, 2.05) is 6.26 Å². The first kappa shape index (κ1) is 42.6. The molecule has 8 aromatic carbocycles. The zero-order valence-electron chi connectivity index (χ0n) is 43.7. The van der Waals surface area contributed by atoms with Gasteiger partial charge < -0.3 is 13.8 Å². The largest absolute Gasteiger partial charge is 0.464 e. The van der Waals surface area contributed by atoms with Crippen LogP contribution in [0.5, 0.6) is 0 Å². The van der Waals surface area contributed by atoms with Crippen LogP contribution in [0.4, 0.5) is 11.4 Å². The molecular weight excluding hydrogens is 872 g/mol. The lowest BCUT2D eigenvalue weighted by atomic mass is 9.43. The average Bonchev–Trinajstić information content (AvgIpc) is 4.06. The van der Waals surface area contributed by atoms with Crippen LogP contribution in [-0.4, -0.2) is 11.4 Å². The Balaban J connectivity index is 1.19. The fourth-order valence-corrected chi connectivity index (χ4v) is 14.9. The first-order valence-corrected chi connectivity index (χ1v) is 26.5. The van der Waals surface area contributed by atoms with E-state index in [1.54, 1.807) is 0 Å². The summed E-state index contributed by atoms with van der Waals surface area (Å²) < 4.78 is 9.51. The fraction of sp³-hybridized carbons (Fsp3) is 0.265. The zero-order valence-corrected chi connectivity index (χ0v) is 43.7. The number of anilines is 2. The number of hydrogen-bond acceptors (Lipinski definition) is 2. The fourth-order valence-electron chi connectivity index (χ4n) is 14.9. The van der Waals surface area contributed by atoms with Gasteiger partial charge in [-0.3, -0.25) is 0 Å². The van der Waals surface area contributed by atoms with Gasteiger partial charge in [-0.15, -0.1) is 0 Å². The summed E-state index contributed by atoms with van der Waals surface area (Å²) in [5, 5.41) is 3.92. The van der Waals surface area contributed by atoms with E-state index >= 15 is 0 Å². The highest BCUT2D eigenvalue weighted by Crippen LogP contribution is 2.62. The van der Waals surface area contributed by atoms with Crippen molar-refractivity contribution >= 4 is 61.9 Å². The molecule has 4 heteroatoms. The van der Waals surface area contributed by atoms with Crippen LogP contribution in [0.3, 0.4) is 0 Å². The number of rotatable bonds is 2. The number of hydrogen-bond donors (Lipinski definition) is 0. The molecular formula is C68H61BN2O. The number of nitrogens with zero attached hydrogens (tertiary/aromatic N) is 2. The van der Waals surface area contributed by atoms with E-state index in [0.29, 0.717) is 0 Å². The predicted octanol–water partition coefficient (Wildman–Crippen LogP) is 16.7. The molecule has 0 spiro atoms. The summed E-state index contributed by atoms with van der Waals surface area (Å²) in [6, 6.07) is 54.4. The maximum atomic E-state index is 6.77. The number of furan rings is 1. The van der Waals surface area contributed by atoms with E-state index < -0.39 is 0 Å². The summed E-state index contributed by atoms with van der Waals surface area (Å²) in [6.45, 7) is 26.6. The average molecular weight is 933 g/mol. The van der Waals surface area contributed by atoms with Crippen molar-refractivity contribution in [2.45, 2.75) is 116 Å². The van der Waals surface area contributed by atoms with E-state index in [-0.39, 0.29) is 33.9 Å². The van der Waals surface area contributed by atoms with Crippen LogP contribution >= 0.6 is 0 Å². The lowest BCUT2D eigenvalue weighted by Crippen LogP contribution is -2.60. The second kappa shape index (κ2) is 13.5. The van der Waals surface area contributed by atoms with Crippen molar-refractivity contribution in [3.05, 3.63) is 185 Å². The number of benzene rings is 8. The Morgan fingerprint density at radius 2 is 1.18 bits per heavy atom. The van der Waals surface area contributed by atoms with Crippen molar-refractivity contribution in [3.8, 4) is 50.2 Å². The lowest BCUT2D eigenvalue weighted by Gasteiger charge is -2.44. The van der Waals surface area contributed by atoms with Crippen molar-refractivity contribution in [2.24, 2.45) is 0 Å². The van der Waals surface area contributed by atoms with Crippen LogP contribution in [-0.2, 0) is 27.1 Å². The molecule has 10 aromatic rings. The van der Waals surface area contributed by atoms with Gasteiger partial charge in [0.25, 0.3) is 0 Å². The van der Waals surface area contributed by atoms with Crippen molar-refractivity contribution in [1.29, 1.82) is 0 Å². The summed E-state index contributed by atoms with van der Waals surface area (Å²) in [6.07, 6.45) is 4.31. The van der Waals surface area contributed by atoms with Crippen LogP contribution in [0.25, 0.3) is 83.0 Å². The number of fused-ring (bicyclic) bond motifs is 18. The summed E-state index contributed by atoms with van der Waals surface area (Å²) in [5.41, 5.74) is 29.9. The van der Waals surface area contributed by atoms with Crippen LogP contribution in [0.2, 0.25) is 0 Å². The summed E-state index contributed by atoms with van der Waals surface area (Å²) in [5.74, 6) is 0. The Morgan fingerprint density at radius 3 is 1.89 bits per heavy atom. The second-order valence-corrected chi connectivity index (χ2v) is 25.5. The molecule has 4 heterocycles. The minimum absolute atomic E-state index is 0.0104. The SMILES string of the molecule is CC(C)(C)c1ccc(N2B3c4cc5occ(-c6ccccc6)c5cc4-n4c5cc6c(cc5c5c7c(c(c3c54)-c3cc4c(cc32)C(C)(C)c2ccccc2-4)-c2ccccc2C7(C)C)C(C)(C)CCC6(C)C)cc1. The van der Waals surface area contributed by atoms with Crippen LogP contribution < -0.4 is 15.7 Å². The summed E-state index contributed by atoms with van der Waals surface area (Å²) in [4.78, 5) is 2.74. The first-order chi connectivity index (χ1) is 34.4. The Kier molecular flexibility index (Phi) is 8.00. The molecule has 3 aliphatic carbocycles. The maximum Gasteiger partial charge on any atom is 0.333 e. The third kappa shape index (κ3) is 5.23. The van der Waals surface area contributed by atoms with Gasteiger partial charge in [0, 0.05) is 55.2 Å². The van der Waals surface area contributed by atoms with Crippen molar-refractivity contribution in [3.63, 3.8) is 0 Å². The van der Waals surface area contributed by atoms with E-state index in [9.17, 15) is 0 Å².